The lowest BCUT2D eigenvalue weighted by molar-refractivity contribution is 0.550. The Morgan fingerprint density at radius 1 is 1.33 bits per heavy atom. The Kier molecular flexibility index (Phi) is 5.63. The maximum atomic E-state index is 4.87. The van der Waals surface area contributed by atoms with Gasteiger partial charge >= 0.3 is 0 Å². The van der Waals surface area contributed by atoms with Gasteiger partial charge in [-0.15, -0.1) is 0 Å². The van der Waals surface area contributed by atoms with Crippen LogP contribution in [0.4, 0.5) is 5.82 Å². The van der Waals surface area contributed by atoms with E-state index < -0.39 is 0 Å². The molecule has 118 valence electrons. The molecular formula is C18H31N3. The third-order valence-corrected chi connectivity index (χ3v) is 4.16. The van der Waals surface area contributed by atoms with Gasteiger partial charge in [-0.1, -0.05) is 13.8 Å². The molecule has 0 amide bonds. The zero-order valence-electron chi connectivity index (χ0n) is 14.4. The quantitative estimate of drug-likeness (QED) is 0.791. The Morgan fingerprint density at radius 3 is 2.62 bits per heavy atom. The molecule has 1 aromatic heterocycles. The van der Waals surface area contributed by atoms with Crippen molar-refractivity contribution < 1.29 is 0 Å². The van der Waals surface area contributed by atoms with Gasteiger partial charge in [0.05, 0.1) is 0 Å². The van der Waals surface area contributed by atoms with Crippen molar-refractivity contribution in [1.82, 2.24) is 10.3 Å². The maximum Gasteiger partial charge on any atom is 0.133 e. The second-order valence-corrected chi connectivity index (χ2v) is 6.89. The average Bonchev–Trinajstić information content (AvgIpc) is 3.21. The van der Waals surface area contributed by atoms with Crippen molar-refractivity contribution in [3.05, 3.63) is 22.9 Å². The number of hydrogen-bond acceptors (Lipinski definition) is 3. The van der Waals surface area contributed by atoms with E-state index in [0.29, 0.717) is 5.92 Å². The summed E-state index contributed by atoms with van der Waals surface area (Å²) >= 11 is 0. The van der Waals surface area contributed by atoms with Crippen molar-refractivity contribution in [2.75, 3.05) is 24.5 Å². The van der Waals surface area contributed by atoms with Crippen LogP contribution in [-0.4, -0.2) is 24.6 Å². The molecule has 3 nitrogen and oxygen atoms in total. The van der Waals surface area contributed by atoms with Crippen LogP contribution < -0.4 is 10.2 Å². The topological polar surface area (TPSA) is 28.2 Å². The summed E-state index contributed by atoms with van der Waals surface area (Å²) < 4.78 is 0. The van der Waals surface area contributed by atoms with Gasteiger partial charge in [0.2, 0.25) is 0 Å². The van der Waals surface area contributed by atoms with E-state index in [-0.39, 0.29) is 0 Å². The third kappa shape index (κ3) is 4.70. The summed E-state index contributed by atoms with van der Waals surface area (Å²) in [5.41, 5.74) is 3.87. The van der Waals surface area contributed by atoms with Crippen LogP contribution in [0.2, 0.25) is 0 Å². The molecule has 0 spiro atoms. The highest BCUT2D eigenvalue weighted by atomic mass is 15.2. The Labute approximate surface area is 130 Å². The van der Waals surface area contributed by atoms with Crippen molar-refractivity contribution in [2.24, 2.45) is 11.8 Å². The monoisotopic (exact) mass is 289 g/mol. The van der Waals surface area contributed by atoms with E-state index in [4.69, 9.17) is 4.98 Å². The lowest BCUT2D eigenvalue weighted by atomic mass is 10.1. The minimum absolute atomic E-state index is 0.681. The Bertz CT molecular complexity index is 464. The molecule has 1 heterocycles. The summed E-state index contributed by atoms with van der Waals surface area (Å²) in [7, 11) is 0. The van der Waals surface area contributed by atoms with E-state index in [1.807, 2.05) is 0 Å². The molecule has 1 aromatic rings. The van der Waals surface area contributed by atoms with Crippen LogP contribution in [0, 0.1) is 25.7 Å². The first-order valence-corrected chi connectivity index (χ1v) is 8.44. The first-order valence-electron chi connectivity index (χ1n) is 8.44. The smallest absolute Gasteiger partial charge is 0.133 e. The van der Waals surface area contributed by atoms with Crippen molar-refractivity contribution in [2.45, 2.75) is 54.0 Å². The van der Waals surface area contributed by atoms with E-state index in [0.717, 1.165) is 31.2 Å². The Balaban J connectivity index is 2.19. The molecule has 1 fully saturated rings. The molecule has 1 aliphatic carbocycles. The third-order valence-electron chi connectivity index (χ3n) is 4.16. The molecule has 1 aliphatic rings. The molecule has 21 heavy (non-hydrogen) atoms. The van der Waals surface area contributed by atoms with Gasteiger partial charge in [-0.25, -0.2) is 4.98 Å². The summed E-state index contributed by atoms with van der Waals surface area (Å²) in [6.45, 7) is 15.3. The molecule has 0 aromatic carbocycles. The fraction of sp³-hybridized carbons (Fsp3) is 0.722. The molecule has 1 saturated carbocycles. The molecule has 0 radical (unpaired) electrons. The molecule has 3 heteroatoms. The molecule has 0 aliphatic heterocycles. The zero-order valence-corrected chi connectivity index (χ0v) is 14.4. The number of nitrogens with one attached hydrogen (secondary N) is 1. The first-order chi connectivity index (χ1) is 10.0. The SMILES string of the molecule is CCN(CC1CC1)c1nc(C)cc(C)c1CNCC(C)C. The van der Waals surface area contributed by atoms with Gasteiger partial charge < -0.3 is 10.2 Å². The first kappa shape index (κ1) is 16.3. The van der Waals surface area contributed by atoms with E-state index in [2.05, 4.69) is 50.9 Å². The lowest BCUT2D eigenvalue weighted by Crippen LogP contribution is -2.29. The lowest BCUT2D eigenvalue weighted by Gasteiger charge is -2.26. The predicted octanol–water partition coefficient (Wildman–Crippen LogP) is 3.68. The standard InChI is InChI=1S/C18H31N3/c1-6-21(12-16-7-8-16)18-17(11-19-10-13(2)3)14(4)9-15(5)20-18/h9,13,16,19H,6-8,10-12H2,1-5H3. The number of aromatic nitrogens is 1. The van der Waals surface area contributed by atoms with Crippen LogP contribution in [0.3, 0.4) is 0 Å². The summed E-state index contributed by atoms with van der Waals surface area (Å²) in [5, 5.41) is 3.58. The Morgan fingerprint density at radius 2 is 2.05 bits per heavy atom. The van der Waals surface area contributed by atoms with E-state index in [9.17, 15) is 0 Å². The van der Waals surface area contributed by atoms with Crippen LogP contribution >= 0.6 is 0 Å². The number of nitrogens with zero attached hydrogens (tertiary/aromatic N) is 2. The minimum atomic E-state index is 0.681. The average molecular weight is 289 g/mol. The molecule has 0 unspecified atom stereocenters. The second kappa shape index (κ2) is 7.26. The molecule has 1 N–H and O–H groups in total. The van der Waals surface area contributed by atoms with Crippen molar-refractivity contribution >= 4 is 5.82 Å². The van der Waals surface area contributed by atoms with Gasteiger partial charge in [-0.05, 0) is 63.6 Å². The van der Waals surface area contributed by atoms with Crippen molar-refractivity contribution in [3.8, 4) is 0 Å². The highest BCUT2D eigenvalue weighted by Gasteiger charge is 2.25. The maximum absolute atomic E-state index is 4.87. The summed E-state index contributed by atoms with van der Waals surface area (Å²) in [5.74, 6) is 2.78. The van der Waals surface area contributed by atoms with Gasteiger partial charge in [0.25, 0.3) is 0 Å². The number of anilines is 1. The normalized spacial score (nSPS) is 14.8. The number of pyridine rings is 1. The fourth-order valence-electron chi connectivity index (χ4n) is 2.79. The van der Waals surface area contributed by atoms with Crippen LogP contribution in [0.1, 0.15) is 50.4 Å². The van der Waals surface area contributed by atoms with Gasteiger partial charge in [0, 0.05) is 30.9 Å². The van der Waals surface area contributed by atoms with Gasteiger partial charge in [-0.2, -0.15) is 0 Å². The van der Waals surface area contributed by atoms with E-state index >= 15 is 0 Å². The van der Waals surface area contributed by atoms with Crippen LogP contribution in [-0.2, 0) is 6.54 Å². The number of hydrogen-bond donors (Lipinski definition) is 1. The molecule has 0 atom stereocenters. The van der Waals surface area contributed by atoms with Gasteiger partial charge in [-0.3, -0.25) is 0 Å². The molecular weight excluding hydrogens is 258 g/mol. The molecule has 0 saturated heterocycles. The summed E-state index contributed by atoms with van der Waals surface area (Å²) in [4.78, 5) is 7.35. The zero-order chi connectivity index (χ0) is 15.4. The van der Waals surface area contributed by atoms with Crippen LogP contribution in [0.25, 0.3) is 0 Å². The van der Waals surface area contributed by atoms with Crippen molar-refractivity contribution in [1.29, 1.82) is 0 Å². The van der Waals surface area contributed by atoms with Gasteiger partial charge in [0.1, 0.15) is 5.82 Å². The number of rotatable bonds is 8. The largest absolute Gasteiger partial charge is 0.356 e. The highest BCUT2D eigenvalue weighted by Crippen LogP contribution is 2.32. The Hall–Kier alpha value is -1.09. The fourth-order valence-corrected chi connectivity index (χ4v) is 2.79. The second-order valence-electron chi connectivity index (χ2n) is 6.89. The predicted molar refractivity (Wildman–Crippen MR) is 90.9 cm³/mol. The van der Waals surface area contributed by atoms with Crippen molar-refractivity contribution in [3.63, 3.8) is 0 Å². The minimum Gasteiger partial charge on any atom is -0.356 e. The molecule has 0 bridgehead atoms. The summed E-state index contributed by atoms with van der Waals surface area (Å²) in [6.07, 6.45) is 2.78. The van der Waals surface area contributed by atoms with Crippen LogP contribution in [0.15, 0.2) is 6.07 Å². The van der Waals surface area contributed by atoms with E-state index in [1.54, 1.807) is 0 Å². The van der Waals surface area contributed by atoms with E-state index in [1.165, 1.54) is 36.3 Å². The summed E-state index contributed by atoms with van der Waals surface area (Å²) in [6, 6.07) is 2.21. The number of aryl methyl sites for hydroxylation is 2. The molecule has 2 rings (SSSR count). The van der Waals surface area contributed by atoms with Gasteiger partial charge in [0.15, 0.2) is 0 Å². The highest BCUT2D eigenvalue weighted by molar-refractivity contribution is 5.51. The van der Waals surface area contributed by atoms with Crippen LogP contribution in [0.5, 0.6) is 0 Å².